The summed E-state index contributed by atoms with van der Waals surface area (Å²) >= 11 is 0. The second kappa shape index (κ2) is 8.98. The van der Waals surface area contributed by atoms with Gasteiger partial charge in [-0.05, 0) is 18.8 Å². The predicted molar refractivity (Wildman–Crippen MR) is 50.1 cm³/mol. The molecule has 0 amide bonds. The summed E-state index contributed by atoms with van der Waals surface area (Å²) in [5, 5.41) is 0. The maximum atomic E-state index is 12.2. The van der Waals surface area contributed by atoms with Gasteiger partial charge in [0, 0.05) is 13.7 Å². The lowest BCUT2D eigenvalue weighted by atomic mass is 10.0. The Bertz CT molecular complexity index is 81.9. The van der Waals surface area contributed by atoms with Crippen LogP contribution in [0.1, 0.15) is 39.0 Å². The summed E-state index contributed by atoms with van der Waals surface area (Å²) < 4.78 is 17.1. The van der Waals surface area contributed by atoms with Crippen LogP contribution in [0.4, 0.5) is 4.39 Å². The first-order chi connectivity index (χ1) is 5.85. The maximum Gasteiger partial charge on any atom is 0.0922 e. The molecule has 0 heterocycles. The number of ether oxygens (including phenoxy) is 1. The Morgan fingerprint density at radius 1 is 1.25 bits per heavy atom. The molecule has 0 fully saturated rings. The molecule has 1 nitrogen and oxygen atoms in total. The lowest BCUT2D eigenvalue weighted by Gasteiger charge is -2.08. The van der Waals surface area contributed by atoms with Gasteiger partial charge in [0.2, 0.25) is 0 Å². The van der Waals surface area contributed by atoms with Gasteiger partial charge in [0.05, 0.1) is 6.67 Å². The Morgan fingerprint density at radius 2 is 2.00 bits per heavy atom. The van der Waals surface area contributed by atoms with Crippen LogP contribution in [-0.4, -0.2) is 20.4 Å². The average Bonchev–Trinajstić information content (AvgIpc) is 2.11. The van der Waals surface area contributed by atoms with E-state index in [-0.39, 0.29) is 6.67 Å². The highest BCUT2D eigenvalue weighted by Gasteiger charge is 2.03. The van der Waals surface area contributed by atoms with E-state index in [4.69, 9.17) is 4.74 Å². The van der Waals surface area contributed by atoms with Crippen LogP contribution in [0.3, 0.4) is 0 Å². The first kappa shape index (κ1) is 11.9. The maximum absolute atomic E-state index is 12.2. The van der Waals surface area contributed by atoms with Gasteiger partial charge in [0.1, 0.15) is 0 Å². The van der Waals surface area contributed by atoms with Gasteiger partial charge in [-0.1, -0.05) is 26.2 Å². The normalized spacial score (nSPS) is 13.2. The van der Waals surface area contributed by atoms with E-state index in [9.17, 15) is 4.39 Å². The molecule has 0 aliphatic carbocycles. The largest absolute Gasteiger partial charge is 0.385 e. The second-order valence-electron chi connectivity index (χ2n) is 3.27. The molecule has 2 heteroatoms. The molecule has 0 aliphatic rings. The van der Waals surface area contributed by atoms with Crippen LogP contribution in [0, 0.1) is 5.92 Å². The minimum atomic E-state index is -0.152. The average molecular weight is 176 g/mol. The van der Waals surface area contributed by atoms with E-state index in [1.165, 1.54) is 6.42 Å². The van der Waals surface area contributed by atoms with Crippen molar-refractivity contribution in [3.8, 4) is 0 Å². The molecule has 0 rings (SSSR count). The summed E-state index contributed by atoms with van der Waals surface area (Å²) in [5.74, 6) is 0.299. The molecule has 74 valence electrons. The first-order valence-electron chi connectivity index (χ1n) is 4.90. The Morgan fingerprint density at radius 3 is 2.50 bits per heavy atom. The van der Waals surface area contributed by atoms with Crippen molar-refractivity contribution >= 4 is 0 Å². The monoisotopic (exact) mass is 176 g/mol. The zero-order valence-electron chi connectivity index (χ0n) is 8.31. The molecule has 0 radical (unpaired) electrons. The molecule has 0 saturated carbocycles. The van der Waals surface area contributed by atoms with Crippen molar-refractivity contribution in [2.75, 3.05) is 20.4 Å². The number of hydrogen-bond donors (Lipinski definition) is 0. The third-order valence-corrected chi connectivity index (χ3v) is 2.26. The van der Waals surface area contributed by atoms with Crippen LogP contribution >= 0.6 is 0 Å². The minimum Gasteiger partial charge on any atom is -0.385 e. The fourth-order valence-corrected chi connectivity index (χ4v) is 1.25. The van der Waals surface area contributed by atoms with Gasteiger partial charge in [0.25, 0.3) is 0 Å². The van der Waals surface area contributed by atoms with Crippen LogP contribution in [0.15, 0.2) is 0 Å². The number of alkyl halides is 1. The molecule has 1 atom stereocenters. The minimum absolute atomic E-state index is 0.152. The molecular formula is C10H21FO. The van der Waals surface area contributed by atoms with Gasteiger partial charge in [-0.3, -0.25) is 4.39 Å². The second-order valence-corrected chi connectivity index (χ2v) is 3.27. The van der Waals surface area contributed by atoms with Crippen LogP contribution in [0.2, 0.25) is 0 Å². The van der Waals surface area contributed by atoms with Gasteiger partial charge >= 0.3 is 0 Å². The van der Waals surface area contributed by atoms with Crippen molar-refractivity contribution in [3.05, 3.63) is 0 Å². The summed E-state index contributed by atoms with van der Waals surface area (Å²) in [7, 11) is 1.72. The molecule has 1 unspecified atom stereocenters. The summed E-state index contributed by atoms with van der Waals surface area (Å²) in [6.07, 6.45) is 5.44. The van der Waals surface area contributed by atoms with Crippen molar-refractivity contribution in [2.45, 2.75) is 39.0 Å². The topological polar surface area (TPSA) is 9.23 Å². The number of hydrogen-bond acceptors (Lipinski definition) is 1. The zero-order valence-corrected chi connectivity index (χ0v) is 8.31. The standard InChI is InChI=1S/C10H21FO/c1-3-10(9-11)7-5-4-6-8-12-2/h10H,3-9H2,1-2H3. The van der Waals surface area contributed by atoms with E-state index < -0.39 is 0 Å². The Balaban J connectivity index is 3.06. The summed E-state index contributed by atoms with van der Waals surface area (Å²) in [6, 6.07) is 0. The van der Waals surface area contributed by atoms with Crippen LogP contribution in [0.25, 0.3) is 0 Å². The van der Waals surface area contributed by atoms with Crippen molar-refractivity contribution in [1.29, 1.82) is 0 Å². The lowest BCUT2D eigenvalue weighted by Crippen LogP contribution is -2.01. The van der Waals surface area contributed by atoms with Crippen molar-refractivity contribution in [2.24, 2.45) is 5.92 Å². The van der Waals surface area contributed by atoms with Gasteiger partial charge < -0.3 is 4.74 Å². The molecule has 0 aliphatic heterocycles. The van der Waals surface area contributed by atoms with Gasteiger partial charge in [0.15, 0.2) is 0 Å². The number of rotatable bonds is 8. The van der Waals surface area contributed by atoms with Crippen LogP contribution < -0.4 is 0 Å². The van der Waals surface area contributed by atoms with Crippen LogP contribution in [-0.2, 0) is 4.74 Å². The first-order valence-corrected chi connectivity index (χ1v) is 4.90. The van der Waals surface area contributed by atoms with E-state index in [0.29, 0.717) is 5.92 Å². The van der Waals surface area contributed by atoms with Gasteiger partial charge in [-0.2, -0.15) is 0 Å². The highest BCUT2D eigenvalue weighted by Crippen LogP contribution is 2.13. The van der Waals surface area contributed by atoms with E-state index in [1.54, 1.807) is 7.11 Å². The predicted octanol–water partition coefficient (Wildman–Crippen LogP) is 3.19. The number of halogens is 1. The smallest absolute Gasteiger partial charge is 0.0922 e. The molecule has 12 heavy (non-hydrogen) atoms. The Labute approximate surface area is 75.3 Å². The molecule has 0 aromatic carbocycles. The van der Waals surface area contributed by atoms with Crippen molar-refractivity contribution in [3.63, 3.8) is 0 Å². The Hall–Kier alpha value is -0.110. The van der Waals surface area contributed by atoms with Crippen molar-refractivity contribution in [1.82, 2.24) is 0 Å². The Kier molecular flexibility index (Phi) is 8.90. The molecular weight excluding hydrogens is 155 g/mol. The van der Waals surface area contributed by atoms with Crippen molar-refractivity contribution < 1.29 is 9.13 Å². The molecule has 0 N–H and O–H groups in total. The van der Waals surface area contributed by atoms with E-state index >= 15 is 0 Å². The molecule has 0 spiro atoms. The SMILES string of the molecule is CCC(CF)CCCCCOC. The molecule has 0 aromatic rings. The third kappa shape index (κ3) is 6.59. The number of unbranched alkanes of at least 4 members (excludes halogenated alkanes) is 2. The molecule has 0 saturated heterocycles. The van der Waals surface area contributed by atoms with Gasteiger partial charge in [-0.25, -0.2) is 0 Å². The van der Waals surface area contributed by atoms with E-state index in [1.807, 2.05) is 0 Å². The summed E-state index contributed by atoms with van der Waals surface area (Å²) in [6.45, 7) is 2.74. The quantitative estimate of drug-likeness (QED) is 0.516. The zero-order chi connectivity index (χ0) is 9.23. The summed E-state index contributed by atoms with van der Waals surface area (Å²) in [5.41, 5.74) is 0. The number of methoxy groups -OCH3 is 1. The highest BCUT2D eigenvalue weighted by molar-refractivity contribution is 4.55. The summed E-state index contributed by atoms with van der Waals surface area (Å²) in [4.78, 5) is 0. The highest BCUT2D eigenvalue weighted by atomic mass is 19.1. The molecule has 0 aromatic heterocycles. The van der Waals surface area contributed by atoms with Gasteiger partial charge in [-0.15, -0.1) is 0 Å². The van der Waals surface area contributed by atoms with E-state index in [0.717, 1.165) is 32.3 Å². The fourth-order valence-electron chi connectivity index (χ4n) is 1.25. The third-order valence-electron chi connectivity index (χ3n) is 2.26. The fraction of sp³-hybridized carbons (Fsp3) is 1.00. The molecule has 0 bridgehead atoms. The van der Waals surface area contributed by atoms with Crippen LogP contribution in [0.5, 0.6) is 0 Å². The lowest BCUT2D eigenvalue weighted by molar-refractivity contribution is 0.190. The van der Waals surface area contributed by atoms with E-state index in [2.05, 4.69) is 6.92 Å².